The Labute approximate surface area is 145 Å². The lowest BCUT2D eigenvalue weighted by atomic mass is 10.2. The number of hydrogen-bond donors (Lipinski definition) is 0. The Balaban J connectivity index is 1.54. The van der Waals surface area contributed by atoms with E-state index in [4.69, 9.17) is 0 Å². The van der Waals surface area contributed by atoms with Crippen molar-refractivity contribution in [1.82, 2.24) is 34.7 Å². The van der Waals surface area contributed by atoms with Gasteiger partial charge in [-0.1, -0.05) is 19.1 Å². The number of benzene rings is 1. The molecule has 0 N–H and O–H groups in total. The van der Waals surface area contributed by atoms with Crippen LogP contribution in [0.4, 0.5) is 0 Å². The minimum absolute atomic E-state index is 0.133. The molecule has 4 rings (SSSR count). The predicted molar refractivity (Wildman–Crippen MR) is 90.2 cm³/mol. The summed E-state index contributed by atoms with van der Waals surface area (Å²) in [6.45, 7) is 5.84. The zero-order valence-electron chi connectivity index (χ0n) is 14.3. The van der Waals surface area contributed by atoms with Crippen LogP contribution in [0.15, 0.2) is 30.5 Å². The molecule has 0 bridgehead atoms. The summed E-state index contributed by atoms with van der Waals surface area (Å²) in [5.74, 6) is 1.65. The first-order valence-electron chi connectivity index (χ1n) is 8.35. The van der Waals surface area contributed by atoms with Gasteiger partial charge in [0.05, 0.1) is 18.4 Å². The number of amides is 1. The molecule has 1 amide bonds. The van der Waals surface area contributed by atoms with Gasteiger partial charge in [0.15, 0.2) is 11.5 Å². The van der Waals surface area contributed by atoms with Gasteiger partial charge in [0.1, 0.15) is 5.82 Å². The maximum absolute atomic E-state index is 12.8. The second-order valence-corrected chi connectivity index (χ2v) is 6.12. The van der Waals surface area contributed by atoms with Crippen molar-refractivity contribution in [2.24, 2.45) is 0 Å². The standard InChI is InChI=1S/C17H19N7O/c1-3-15-19-20-16-11-22(7-8-23(15)16)17(25)14-10-18-24(21-14)13-6-4-5-12(2)9-13/h4-6,9-10H,3,7-8,11H2,1-2H3. The third-order valence-corrected chi connectivity index (χ3v) is 4.38. The third kappa shape index (κ3) is 2.79. The third-order valence-electron chi connectivity index (χ3n) is 4.38. The fourth-order valence-electron chi connectivity index (χ4n) is 3.05. The highest BCUT2D eigenvalue weighted by atomic mass is 16.2. The zero-order valence-corrected chi connectivity index (χ0v) is 14.3. The summed E-state index contributed by atoms with van der Waals surface area (Å²) in [5.41, 5.74) is 2.29. The van der Waals surface area contributed by atoms with Crippen LogP contribution in [-0.4, -0.2) is 47.1 Å². The molecular weight excluding hydrogens is 318 g/mol. The number of rotatable bonds is 3. The molecule has 3 aromatic rings. The molecule has 1 aromatic carbocycles. The Morgan fingerprint density at radius 3 is 2.92 bits per heavy atom. The summed E-state index contributed by atoms with van der Waals surface area (Å²) in [4.78, 5) is 16.0. The summed E-state index contributed by atoms with van der Waals surface area (Å²) in [7, 11) is 0. The summed E-state index contributed by atoms with van der Waals surface area (Å²) in [6, 6.07) is 7.84. The summed E-state index contributed by atoms with van der Waals surface area (Å²) in [5, 5.41) is 16.9. The van der Waals surface area contributed by atoms with Crippen LogP contribution in [0.25, 0.3) is 5.69 Å². The molecule has 0 atom stereocenters. The lowest BCUT2D eigenvalue weighted by molar-refractivity contribution is 0.0700. The molecule has 2 aromatic heterocycles. The molecule has 3 heterocycles. The second kappa shape index (κ2) is 6.12. The highest BCUT2D eigenvalue weighted by molar-refractivity contribution is 5.91. The molecule has 8 nitrogen and oxygen atoms in total. The fourth-order valence-corrected chi connectivity index (χ4v) is 3.05. The smallest absolute Gasteiger partial charge is 0.276 e. The summed E-state index contributed by atoms with van der Waals surface area (Å²) >= 11 is 0. The normalized spacial score (nSPS) is 13.8. The molecule has 25 heavy (non-hydrogen) atoms. The van der Waals surface area contributed by atoms with Gasteiger partial charge in [0, 0.05) is 19.5 Å². The van der Waals surface area contributed by atoms with Crippen molar-refractivity contribution in [3.05, 3.63) is 53.4 Å². The summed E-state index contributed by atoms with van der Waals surface area (Å²) < 4.78 is 2.09. The Kier molecular flexibility index (Phi) is 3.79. The molecule has 0 saturated carbocycles. The quantitative estimate of drug-likeness (QED) is 0.721. The predicted octanol–water partition coefficient (Wildman–Crippen LogP) is 1.39. The van der Waals surface area contributed by atoms with Crippen LogP contribution in [0.3, 0.4) is 0 Å². The average molecular weight is 337 g/mol. The SMILES string of the molecule is CCc1nnc2n1CCN(C(=O)c1cnn(-c3cccc(C)c3)n1)C2. The Morgan fingerprint density at radius 2 is 2.12 bits per heavy atom. The van der Waals surface area contributed by atoms with Crippen LogP contribution in [-0.2, 0) is 19.5 Å². The van der Waals surface area contributed by atoms with Crippen molar-refractivity contribution >= 4 is 5.91 Å². The van der Waals surface area contributed by atoms with Gasteiger partial charge in [0.2, 0.25) is 0 Å². The number of aromatic nitrogens is 6. The first-order valence-corrected chi connectivity index (χ1v) is 8.35. The minimum atomic E-state index is -0.133. The van der Waals surface area contributed by atoms with Crippen molar-refractivity contribution in [2.75, 3.05) is 6.54 Å². The number of hydrogen-bond acceptors (Lipinski definition) is 5. The molecule has 128 valence electrons. The van der Waals surface area contributed by atoms with Crippen LogP contribution in [0.1, 0.15) is 34.6 Å². The van der Waals surface area contributed by atoms with E-state index < -0.39 is 0 Å². The molecule has 0 radical (unpaired) electrons. The van der Waals surface area contributed by atoms with Crippen LogP contribution < -0.4 is 0 Å². The zero-order chi connectivity index (χ0) is 17.4. The van der Waals surface area contributed by atoms with Gasteiger partial charge in [-0.05, 0) is 24.6 Å². The Morgan fingerprint density at radius 1 is 1.24 bits per heavy atom. The van der Waals surface area contributed by atoms with Gasteiger partial charge in [-0.3, -0.25) is 4.79 Å². The topological polar surface area (TPSA) is 81.7 Å². The van der Waals surface area contributed by atoms with Crippen molar-refractivity contribution in [3.63, 3.8) is 0 Å². The van der Waals surface area contributed by atoms with Crippen LogP contribution >= 0.6 is 0 Å². The maximum Gasteiger partial charge on any atom is 0.276 e. The highest BCUT2D eigenvalue weighted by Crippen LogP contribution is 2.15. The number of aryl methyl sites for hydroxylation is 2. The molecule has 0 saturated heterocycles. The molecule has 1 aliphatic heterocycles. The molecule has 0 spiro atoms. The second-order valence-electron chi connectivity index (χ2n) is 6.12. The van der Waals surface area contributed by atoms with Crippen LogP contribution in [0.2, 0.25) is 0 Å². The van der Waals surface area contributed by atoms with E-state index in [2.05, 4.69) is 31.9 Å². The van der Waals surface area contributed by atoms with Gasteiger partial charge >= 0.3 is 0 Å². The maximum atomic E-state index is 12.8. The van der Waals surface area contributed by atoms with E-state index in [-0.39, 0.29) is 5.91 Å². The van der Waals surface area contributed by atoms with E-state index in [1.54, 1.807) is 4.90 Å². The van der Waals surface area contributed by atoms with Gasteiger partial charge in [-0.25, -0.2) is 0 Å². The number of fused-ring (bicyclic) bond motifs is 1. The molecule has 0 aliphatic carbocycles. The molecule has 8 heteroatoms. The van der Waals surface area contributed by atoms with Gasteiger partial charge in [0.25, 0.3) is 5.91 Å². The Bertz CT molecular complexity index is 927. The minimum Gasteiger partial charge on any atom is -0.328 e. The van der Waals surface area contributed by atoms with Crippen molar-refractivity contribution in [1.29, 1.82) is 0 Å². The molecular formula is C17H19N7O. The largest absolute Gasteiger partial charge is 0.328 e. The first-order chi connectivity index (χ1) is 12.2. The van der Waals surface area contributed by atoms with E-state index in [1.807, 2.05) is 31.2 Å². The van der Waals surface area contributed by atoms with E-state index >= 15 is 0 Å². The number of carbonyl (C=O) groups excluding carboxylic acids is 1. The van der Waals surface area contributed by atoms with Crippen molar-refractivity contribution in [2.45, 2.75) is 33.4 Å². The van der Waals surface area contributed by atoms with E-state index in [0.29, 0.717) is 25.3 Å². The van der Waals surface area contributed by atoms with Crippen LogP contribution in [0.5, 0.6) is 0 Å². The van der Waals surface area contributed by atoms with E-state index in [9.17, 15) is 4.79 Å². The molecule has 0 fully saturated rings. The lowest BCUT2D eigenvalue weighted by Gasteiger charge is -2.27. The highest BCUT2D eigenvalue weighted by Gasteiger charge is 2.26. The first kappa shape index (κ1) is 15.5. The fraction of sp³-hybridized carbons (Fsp3) is 0.353. The molecule has 0 unspecified atom stereocenters. The van der Waals surface area contributed by atoms with Gasteiger partial charge < -0.3 is 9.47 Å². The summed E-state index contributed by atoms with van der Waals surface area (Å²) in [6.07, 6.45) is 2.35. The lowest BCUT2D eigenvalue weighted by Crippen LogP contribution is -2.39. The van der Waals surface area contributed by atoms with E-state index in [1.165, 1.54) is 11.0 Å². The number of nitrogens with zero attached hydrogens (tertiary/aromatic N) is 7. The Hall–Kier alpha value is -3.03. The van der Waals surface area contributed by atoms with Crippen molar-refractivity contribution in [3.8, 4) is 5.69 Å². The average Bonchev–Trinajstić information content (AvgIpc) is 3.27. The van der Waals surface area contributed by atoms with Gasteiger partial charge in [-0.15, -0.1) is 15.3 Å². The van der Waals surface area contributed by atoms with Gasteiger partial charge in [-0.2, -0.15) is 9.90 Å². The van der Waals surface area contributed by atoms with Crippen LogP contribution in [0, 0.1) is 6.92 Å². The van der Waals surface area contributed by atoms with Crippen molar-refractivity contribution < 1.29 is 4.79 Å². The van der Waals surface area contributed by atoms with E-state index in [0.717, 1.165) is 29.3 Å². The molecule has 1 aliphatic rings. The monoisotopic (exact) mass is 337 g/mol. The number of carbonyl (C=O) groups is 1.